The molecule has 0 amide bonds. The Morgan fingerprint density at radius 1 is 1.47 bits per heavy atom. The van der Waals surface area contributed by atoms with E-state index in [-0.39, 0.29) is 17.5 Å². The summed E-state index contributed by atoms with van der Waals surface area (Å²) in [5.41, 5.74) is -0.0329. The van der Waals surface area contributed by atoms with Crippen molar-refractivity contribution in [3.05, 3.63) is 12.4 Å². The first-order valence-corrected chi connectivity index (χ1v) is 6.34. The van der Waals surface area contributed by atoms with Crippen LogP contribution < -0.4 is 10.2 Å². The number of aliphatic carboxylic acids is 1. The van der Waals surface area contributed by atoms with E-state index in [1.807, 2.05) is 13.1 Å². The van der Waals surface area contributed by atoms with Crippen molar-refractivity contribution in [2.45, 2.75) is 38.8 Å². The number of carbonyl (C=O) groups is 1. The summed E-state index contributed by atoms with van der Waals surface area (Å²) in [7, 11) is 1.98. The monoisotopic (exact) mass is 264 g/mol. The van der Waals surface area contributed by atoms with Crippen LogP contribution in [0.4, 0.5) is 11.6 Å². The SMILES string of the molecule is CN(c1cc(NC2CC2C(=O)O)ncn1)C(C)(C)C. The van der Waals surface area contributed by atoms with Crippen LogP contribution in [0.5, 0.6) is 0 Å². The minimum Gasteiger partial charge on any atom is -0.481 e. The van der Waals surface area contributed by atoms with Gasteiger partial charge in [0.1, 0.15) is 18.0 Å². The van der Waals surface area contributed by atoms with Crippen LogP contribution in [0.15, 0.2) is 12.4 Å². The van der Waals surface area contributed by atoms with E-state index < -0.39 is 5.97 Å². The van der Waals surface area contributed by atoms with E-state index in [9.17, 15) is 4.79 Å². The third-order valence-electron chi connectivity index (χ3n) is 3.44. The molecule has 2 unspecified atom stereocenters. The van der Waals surface area contributed by atoms with Crippen LogP contribution in [0, 0.1) is 5.92 Å². The van der Waals surface area contributed by atoms with E-state index in [1.54, 1.807) is 0 Å². The second-order valence-electron chi connectivity index (χ2n) is 5.92. The highest BCUT2D eigenvalue weighted by molar-refractivity contribution is 5.75. The summed E-state index contributed by atoms with van der Waals surface area (Å²) in [6.45, 7) is 6.30. The molecule has 1 heterocycles. The minimum atomic E-state index is -0.751. The van der Waals surface area contributed by atoms with Crippen LogP contribution in [-0.2, 0) is 4.79 Å². The molecule has 19 heavy (non-hydrogen) atoms. The molecule has 1 aromatic heterocycles. The molecule has 0 aromatic carbocycles. The number of nitrogens with one attached hydrogen (secondary N) is 1. The average molecular weight is 264 g/mol. The number of rotatable bonds is 4. The van der Waals surface area contributed by atoms with Gasteiger partial charge in [-0.05, 0) is 27.2 Å². The molecule has 2 N–H and O–H groups in total. The van der Waals surface area contributed by atoms with Crippen molar-refractivity contribution in [3.63, 3.8) is 0 Å². The first-order valence-electron chi connectivity index (χ1n) is 6.34. The van der Waals surface area contributed by atoms with Crippen LogP contribution in [0.3, 0.4) is 0 Å². The molecule has 0 radical (unpaired) electrons. The largest absolute Gasteiger partial charge is 0.481 e. The summed E-state index contributed by atoms with van der Waals surface area (Å²) >= 11 is 0. The Labute approximate surface area is 112 Å². The fourth-order valence-electron chi connectivity index (χ4n) is 1.77. The lowest BCUT2D eigenvalue weighted by Crippen LogP contribution is -2.38. The third kappa shape index (κ3) is 3.13. The second-order valence-corrected chi connectivity index (χ2v) is 5.92. The maximum absolute atomic E-state index is 10.8. The van der Waals surface area contributed by atoms with Crippen molar-refractivity contribution in [2.24, 2.45) is 5.92 Å². The van der Waals surface area contributed by atoms with Gasteiger partial charge in [0.05, 0.1) is 5.92 Å². The molecule has 0 spiro atoms. The number of carboxylic acids is 1. The van der Waals surface area contributed by atoms with Crippen LogP contribution in [-0.4, -0.2) is 39.7 Å². The zero-order valence-electron chi connectivity index (χ0n) is 11.7. The smallest absolute Gasteiger partial charge is 0.308 e. The van der Waals surface area contributed by atoms with Crippen molar-refractivity contribution in [1.29, 1.82) is 0 Å². The lowest BCUT2D eigenvalue weighted by molar-refractivity contribution is -0.138. The number of nitrogens with zero attached hydrogens (tertiary/aromatic N) is 3. The van der Waals surface area contributed by atoms with Crippen LogP contribution in [0.1, 0.15) is 27.2 Å². The molecule has 1 saturated carbocycles. The molecule has 1 aliphatic rings. The minimum absolute atomic E-state index is 0.0137. The summed E-state index contributed by atoms with van der Waals surface area (Å²) in [5.74, 6) is 0.449. The molecule has 1 aliphatic carbocycles. The van der Waals surface area contributed by atoms with Gasteiger partial charge in [-0.15, -0.1) is 0 Å². The van der Waals surface area contributed by atoms with Crippen molar-refractivity contribution in [2.75, 3.05) is 17.3 Å². The van der Waals surface area contributed by atoms with E-state index in [4.69, 9.17) is 5.11 Å². The zero-order valence-corrected chi connectivity index (χ0v) is 11.7. The normalized spacial score (nSPS) is 21.9. The quantitative estimate of drug-likeness (QED) is 0.860. The Hall–Kier alpha value is -1.85. The Morgan fingerprint density at radius 3 is 2.68 bits per heavy atom. The average Bonchev–Trinajstić information content (AvgIpc) is 3.06. The summed E-state index contributed by atoms with van der Waals surface area (Å²) in [4.78, 5) is 21.2. The standard InChI is InChI=1S/C13H20N4O2/c1-13(2,3)17(4)11-6-10(14-7-15-11)16-9-5-8(9)12(18)19/h6-9H,5H2,1-4H3,(H,18,19)(H,14,15,16). The maximum Gasteiger partial charge on any atom is 0.308 e. The lowest BCUT2D eigenvalue weighted by atomic mass is 10.1. The van der Waals surface area contributed by atoms with Crippen molar-refractivity contribution in [1.82, 2.24) is 9.97 Å². The molecule has 0 saturated heterocycles. The van der Waals surface area contributed by atoms with Gasteiger partial charge in [0.2, 0.25) is 0 Å². The highest BCUT2D eigenvalue weighted by atomic mass is 16.4. The molecule has 1 fully saturated rings. The van der Waals surface area contributed by atoms with E-state index >= 15 is 0 Å². The Kier molecular flexibility index (Phi) is 3.34. The van der Waals surface area contributed by atoms with E-state index in [2.05, 4.69) is 41.0 Å². The van der Waals surface area contributed by atoms with Gasteiger partial charge in [-0.1, -0.05) is 0 Å². The summed E-state index contributed by atoms with van der Waals surface area (Å²) in [5, 5.41) is 12.0. The van der Waals surface area contributed by atoms with Crippen LogP contribution in [0.2, 0.25) is 0 Å². The summed E-state index contributed by atoms with van der Waals surface area (Å²) in [6.07, 6.45) is 2.15. The van der Waals surface area contributed by atoms with Gasteiger partial charge in [0.15, 0.2) is 0 Å². The molecule has 0 aliphatic heterocycles. The Bertz CT molecular complexity index is 484. The van der Waals surface area contributed by atoms with Crippen molar-refractivity contribution < 1.29 is 9.90 Å². The number of hydrogen-bond donors (Lipinski definition) is 2. The van der Waals surface area contributed by atoms with Crippen LogP contribution in [0.25, 0.3) is 0 Å². The number of aromatic nitrogens is 2. The van der Waals surface area contributed by atoms with Gasteiger partial charge in [-0.3, -0.25) is 4.79 Å². The summed E-state index contributed by atoms with van der Waals surface area (Å²) in [6, 6.07) is 1.84. The van der Waals surface area contributed by atoms with Crippen LogP contribution >= 0.6 is 0 Å². The Morgan fingerprint density at radius 2 is 2.16 bits per heavy atom. The fraction of sp³-hybridized carbons (Fsp3) is 0.615. The predicted octanol–water partition coefficient (Wildman–Crippen LogP) is 1.60. The predicted molar refractivity (Wildman–Crippen MR) is 73.3 cm³/mol. The van der Waals surface area contributed by atoms with Gasteiger partial charge in [-0.2, -0.15) is 0 Å². The van der Waals surface area contributed by atoms with Crippen molar-refractivity contribution in [3.8, 4) is 0 Å². The van der Waals surface area contributed by atoms with E-state index in [0.29, 0.717) is 12.2 Å². The molecule has 0 bridgehead atoms. The van der Waals surface area contributed by atoms with Gasteiger partial charge in [-0.25, -0.2) is 9.97 Å². The van der Waals surface area contributed by atoms with Gasteiger partial charge in [0.25, 0.3) is 0 Å². The molecule has 6 heteroatoms. The van der Waals surface area contributed by atoms with E-state index in [0.717, 1.165) is 5.82 Å². The molecule has 1 aromatic rings. The van der Waals surface area contributed by atoms with Crippen molar-refractivity contribution >= 4 is 17.6 Å². The zero-order chi connectivity index (χ0) is 14.2. The first kappa shape index (κ1) is 13.6. The fourth-order valence-corrected chi connectivity index (χ4v) is 1.77. The molecular formula is C13H20N4O2. The molecular weight excluding hydrogens is 244 g/mol. The lowest BCUT2D eigenvalue weighted by Gasteiger charge is -2.33. The van der Waals surface area contributed by atoms with Gasteiger partial charge < -0.3 is 15.3 Å². The topological polar surface area (TPSA) is 78.4 Å². The molecule has 6 nitrogen and oxygen atoms in total. The third-order valence-corrected chi connectivity index (χ3v) is 3.44. The number of carboxylic acid groups (broad SMARTS) is 1. The maximum atomic E-state index is 10.8. The highest BCUT2D eigenvalue weighted by Gasteiger charge is 2.43. The summed E-state index contributed by atoms with van der Waals surface area (Å²) < 4.78 is 0. The molecule has 2 rings (SSSR count). The number of anilines is 2. The van der Waals surface area contributed by atoms with Gasteiger partial charge in [0, 0.05) is 24.7 Å². The number of hydrogen-bond acceptors (Lipinski definition) is 5. The molecule has 2 atom stereocenters. The van der Waals surface area contributed by atoms with Gasteiger partial charge >= 0.3 is 5.97 Å². The van der Waals surface area contributed by atoms with E-state index in [1.165, 1.54) is 6.33 Å². The highest BCUT2D eigenvalue weighted by Crippen LogP contribution is 2.33. The first-order chi connectivity index (χ1) is 8.79. The molecule has 104 valence electrons. The second kappa shape index (κ2) is 4.68. The Balaban J connectivity index is 2.06.